The molecule has 9 fully saturated rings. The number of hydrogen-bond acceptors (Lipinski definition) is 11. The first-order chi connectivity index (χ1) is 35.3. The van der Waals surface area contributed by atoms with Gasteiger partial charge < -0.3 is 60.3 Å². The van der Waals surface area contributed by atoms with Gasteiger partial charge in [0, 0.05) is 102 Å². The number of aldehydes is 1. The molecule has 0 aliphatic carbocycles. The summed E-state index contributed by atoms with van der Waals surface area (Å²) in [5, 5.41) is 26.3. The Morgan fingerprint density at radius 3 is 1.18 bits per heavy atom. The molecule has 17 heteroatoms. The van der Waals surface area contributed by atoms with Gasteiger partial charge in [0.1, 0.15) is 12.9 Å². The molecule has 3 aromatic rings. The van der Waals surface area contributed by atoms with Crippen LogP contribution in [0.4, 0.5) is 31.4 Å². The third-order valence-electron chi connectivity index (χ3n) is 16.1. The number of para-hydroxylation sites is 2. The number of amides is 6. The highest BCUT2D eigenvalue weighted by Crippen LogP contribution is 2.46. The largest absolute Gasteiger partial charge is 0.464 e. The van der Waals surface area contributed by atoms with E-state index in [0.29, 0.717) is 55.5 Å². The van der Waals surface area contributed by atoms with Crippen molar-refractivity contribution in [2.75, 3.05) is 113 Å². The van der Waals surface area contributed by atoms with E-state index in [-0.39, 0.29) is 78.8 Å². The van der Waals surface area contributed by atoms with Gasteiger partial charge in [-0.3, -0.25) is 9.59 Å². The van der Waals surface area contributed by atoms with Gasteiger partial charge in [-0.2, -0.15) is 0 Å². The Balaban J connectivity index is 0.000000162. The van der Waals surface area contributed by atoms with Gasteiger partial charge in [-0.05, 0) is 102 Å². The molecule has 6 atom stereocenters. The minimum Gasteiger partial charge on any atom is -0.464 e. The van der Waals surface area contributed by atoms with E-state index in [1.807, 2.05) is 51.1 Å². The Bertz CT molecular complexity index is 2340. The zero-order valence-corrected chi connectivity index (χ0v) is 44.9. The third-order valence-corrected chi connectivity index (χ3v) is 16.1. The summed E-state index contributed by atoms with van der Waals surface area (Å²) in [4.78, 5) is 72.2. The second-order valence-corrected chi connectivity index (χ2v) is 23.3. The lowest BCUT2D eigenvalue weighted by Crippen LogP contribution is -2.54. The number of esters is 1. The Hall–Kier alpha value is -6.07. The number of rotatable bonds is 11. The Labute approximate surface area is 438 Å². The summed E-state index contributed by atoms with van der Waals surface area (Å²) >= 11 is 0. The van der Waals surface area contributed by atoms with Crippen LogP contribution in [0.5, 0.6) is 0 Å². The van der Waals surface area contributed by atoms with E-state index in [0.717, 1.165) is 77.0 Å². The molecule has 12 rings (SSSR count). The molecular formula is C57H83N9O8. The highest BCUT2D eigenvalue weighted by molar-refractivity contribution is 5.77. The summed E-state index contributed by atoms with van der Waals surface area (Å²) in [6.07, 6.45) is 4.21. The number of anilines is 3. The minimum absolute atomic E-state index is 0.0198. The van der Waals surface area contributed by atoms with E-state index in [1.54, 1.807) is 0 Å². The van der Waals surface area contributed by atoms with Crippen molar-refractivity contribution < 1.29 is 38.9 Å². The molecule has 3 unspecified atom stereocenters. The average Bonchev–Trinajstić information content (AvgIpc) is 3.92. The fourth-order valence-electron chi connectivity index (χ4n) is 12.9. The number of hydrogen-bond donors (Lipinski definition) is 5. The van der Waals surface area contributed by atoms with Gasteiger partial charge in [0.15, 0.2) is 0 Å². The molecule has 3 aromatic carbocycles. The topological polar surface area (TPSA) is 191 Å². The lowest BCUT2D eigenvalue weighted by molar-refractivity contribution is -0.140. The summed E-state index contributed by atoms with van der Waals surface area (Å²) in [5.41, 5.74) is 4.66. The number of carbonyl (C=O) groups excluding carboxylic acids is 5. The van der Waals surface area contributed by atoms with Crippen LogP contribution < -0.4 is 30.7 Å². The molecule has 404 valence electrons. The van der Waals surface area contributed by atoms with E-state index in [1.165, 1.54) is 18.3 Å². The quantitative estimate of drug-likeness (QED) is 0.0841. The summed E-state index contributed by atoms with van der Waals surface area (Å²) in [6, 6.07) is 29.3. The van der Waals surface area contributed by atoms with E-state index >= 15 is 0 Å². The molecule has 9 saturated heterocycles. The predicted molar refractivity (Wildman–Crippen MR) is 289 cm³/mol. The molecule has 0 radical (unpaired) electrons. The van der Waals surface area contributed by atoms with Crippen molar-refractivity contribution in [1.82, 2.24) is 30.7 Å². The zero-order valence-electron chi connectivity index (χ0n) is 44.9. The van der Waals surface area contributed by atoms with Crippen LogP contribution in [0.2, 0.25) is 0 Å². The maximum atomic E-state index is 12.6. The van der Waals surface area contributed by atoms with Gasteiger partial charge >= 0.3 is 24.1 Å². The number of benzene rings is 3. The van der Waals surface area contributed by atoms with Gasteiger partial charge in [0.2, 0.25) is 0 Å². The number of urea groups is 3. The first-order valence-corrected chi connectivity index (χ1v) is 26.7. The molecule has 0 saturated carbocycles. The lowest BCUT2D eigenvalue weighted by Gasteiger charge is -2.48. The lowest BCUT2D eigenvalue weighted by atomic mass is 9.73. The molecule has 9 aliphatic rings. The van der Waals surface area contributed by atoms with Gasteiger partial charge in [0.05, 0.1) is 37.9 Å². The summed E-state index contributed by atoms with van der Waals surface area (Å²) in [7, 11) is 0. The van der Waals surface area contributed by atoms with Crippen molar-refractivity contribution in [3.63, 3.8) is 0 Å². The monoisotopic (exact) mass is 1020 g/mol. The maximum absolute atomic E-state index is 12.6. The van der Waals surface area contributed by atoms with Gasteiger partial charge in [0.25, 0.3) is 0 Å². The first-order valence-electron chi connectivity index (χ1n) is 26.7. The molecule has 9 aliphatic heterocycles. The van der Waals surface area contributed by atoms with Crippen LogP contribution in [-0.2, 0) is 9.53 Å². The second-order valence-electron chi connectivity index (χ2n) is 23.3. The minimum atomic E-state index is -0.327. The fourth-order valence-corrected chi connectivity index (χ4v) is 12.9. The molecule has 0 aromatic heterocycles. The van der Waals surface area contributed by atoms with Crippen LogP contribution in [0.15, 0.2) is 84.9 Å². The number of carbonyl (C=O) groups is 5. The van der Waals surface area contributed by atoms with Crippen molar-refractivity contribution in [1.29, 1.82) is 0 Å². The van der Waals surface area contributed by atoms with Crippen LogP contribution in [0.1, 0.15) is 78.1 Å². The summed E-state index contributed by atoms with van der Waals surface area (Å²) in [6.45, 7) is 23.5. The number of ether oxygens (including phenoxy) is 1. The molecule has 6 bridgehead atoms. The van der Waals surface area contributed by atoms with Crippen molar-refractivity contribution in [3.8, 4) is 0 Å². The normalized spacial score (nSPS) is 24.9. The van der Waals surface area contributed by atoms with Gasteiger partial charge in [-0.1, -0.05) is 77.9 Å². The van der Waals surface area contributed by atoms with Crippen molar-refractivity contribution in [2.45, 2.75) is 85.9 Å². The highest BCUT2D eigenvalue weighted by atomic mass is 16.5. The van der Waals surface area contributed by atoms with Crippen LogP contribution in [0, 0.1) is 34.0 Å². The second kappa shape index (κ2) is 24.5. The third kappa shape index (κ3) is 13.8. The molecule has 0 spiro atoms. The Kier molecular flexibility index (Phi) is 18.4. The van der Waals surface area contributed by atoms with Crippen LogP contribution in [0.3, 0.4) is 0 Å². The number of fused-ring (bicyclic) bond motifs is 12. The van der Waals surface area contributed by atoms with E-state index in [4.69, 9.17) is 14.9 Å². The smallest absolute Gasteiger partial charge is 0.317 e. The predicted octanol–water partition coefficient (Wildman–Crippen LogP) is 6.16. The van der Waals surface area contributed by atoms with Gasteiger partial charge in [-0.15, -0.1) is 0 Å². The standard InChI is InChI=1S/C20H29N3O3.C19H27N3O3.C18H27N3O2/c1-15(24)26-10-9-21-19(25)22-12-16-11-20(2,3)18(14-22)23(13-16)17-7-5-4-6-8-17;1-19(2)9-15-10-21(18(25)20-7-8-23)12-17(19)22(11-15)16-5-3-14(13-24)4-6-16;1-18(2)10-14-11-20(17(23)19-8-9-22)13-16(18)21(12-14)15-6-4-3-5-7-15/h4-8,16,18H,9-14H2,1-3H3,(H,21,25);3-6,13,15,17,23H,7-12H2,1-2H3,(H,20,25);3-7,14,16,22H,8-13H2,1-2H3,(H,19,23)/t16-,18?;15-,17?;14-,16?/m111/s1. The average molecular weight is 1020 g/mol. The molecular weight excluding hydrogens is 939 g/mol. The number of aliphatic hydroxyl groups excluding tert-OH is 2. The van der Waals surface area contributed by atoms with Crippen molar-refractivity contribution in [2.24, 2.45) is 34.0 Å². The van der Waals surface area contributed by atoms with E-state index < -0.39 is 0 Å². The number of nitrogens with zero attached hydrogens (tertiary/aromatic N) is 6. The molecule has 5 N–H and O–H groups in total. The SMILES string of the molecule is CC(=O)OCCNC(=O)N1CC2N(c3ccccc3)C[C@@H](C1)CC2(C)C.CC1(C)C[C@@H]2CN(C(=O)NCCO)CC1N(c1ccc(C=O)cc1)C2.CC1(C)C[C@@H]2CN(C(=O)NCCO)CC1N(c1ccccc1)C2. The fraction of sp³-hybridized carbons (Fsp3) is 0.596. The van der Waals surface area contributed by atoms with Crippen molar-refractivity contribution >= 4 is 47.4 Å². The summed E-state index contributed by atoms with van der Waals surface area (Å²) < 4.78 is 4.89. The zero-order chi connectivity index (χ0) is 53.2. The first kappa shape index (κ1) is 55.7. The molecule has 17 nitrogen and oxygen atoms in total. The van der Waals surface area contributed by atoms with Crippen LogP contribution in [0.25, 0.3) is 0 Å². The highest BCUT2D eigenvalue weighted by Gasteiger charge is 2.49. The molecule has 74 heavy (non-hydrogen) atoms. The molecule has 6 amide bonds. The van der Waals surface area contributed by atoms with Crippen molar-refractivity contribution in [3.05, 3.63) is 90.5 Å². The summed E-state index contributed by atoms with van der Waals surface area (Å²) in [5.74, 6) is 0.999. The van der Waals surface area contributed by atoms with Gasteiger partial charge in [-0.25, -0.2) is 14.4 Å². The molecule has 9 heterocycles. The maximum Gasteiger partial charge on any atom is 0.317 e. The number of piperidine rings is 3. The van der Waals surface area contributed by atoms with E-state index in [2.05, 4.69) is 121 Å². The number of nitrogens with one attached hydrogen (secondary N) is 3. The Morgan fingerprint density at radius 1 is 0.514 bits per heavy atom. The van der Waals surface area contributed by atoms with Crippen LogP contribution in [-0.4, -0.2) is 172 Å². The Morgan fingerprint density at radius 2 is 0.851 bits per heavy atom. The number of aliphatic hydroxyl groups is 2. The van der Waals surface area contributed by atoms with E-state index in [9.17, 15) is 24.0 Å². The van der Waals surface area contributed by atoms with Crippen LogP contribution >= 0.6 is 0 Å².